The molecule has 0 spiro atoms. The number of rotatable bonds is 3. The number of carbonyl (C=O) groups excluding carboxylic acids is 2. The van der Waals surface area contributed by atoms with Crippen LogP contribution >= 0.6 is 0 Å². The van der Waals surface area contributed by atoms with Crippen LogP contribution in [0.1, 0.15) is 48.4 Å². The summed E-state index contributed by atoms with van der Waals surface area (Å²) in [6, 6.07) is 14.9. The average Bonchev–Trinajstić information content (AvgIpc) is 2.58. The van der Waals surface area contributed by atoms with Gasteiger partial charge in [-0.3, -0.25) is 9.59 Å². The molecule has 0 aromatic heterocycles. The zero-order valence-corrected chi connectivity index (χ0v) is 15.1. The summed E-state index contributed by atoms with van der Waals surface area (Å²) in [5.41, 5.74) is 0.333. The molecule has 25 heavy (non-hydrogen) atoms. The molecule has 0 aliphatic carbocycles. The molecule has 0 aliphatic heterocycles. The predicted octanol–water partition coefficient (Wildman–Crippen LogP) is 3.71. The first-order valence-corrected chi connectivity index (χ1v) is 8.26. The van der Waals surface area contributed by atoms with Crippen LogP contribution in [0.5, 0.6) is 5.75 Å². The van der Waals surface area contributed by atoms with E-state index in [0.717, 1.165) is 0 Å². The summed E-state index contributed by atoms with van der Waals surface area (Å²) in [5, 5.41) is 12.4. The second-order valence-corrected chi connectivity index (χ2v) is 6.72. The minimum Gasteiger partial charge on any atom is -0.508 e. The summed E-state index contributed by atoms with van der Waals surface area (Å²) in [7, 11) is 0. The van der Waals surface area contributed by atoms with Gasteiger partial charge in [0.1, 0.15) is 5.75 Å². The van der Waals surface area contributed by atoms with Crippen molar-refractivity contribution in [3.8, 4) is 5.75 Å². The van der Waals surface area contributed by atoms with Crippen LogP contribution in [0, 0.1) is 0 Å². The van der Waals surface area contributed by atoms with Gasteiger partial charge in [-0.1, -0.05) is 18.2 Å². The molecule has 0 fully saturated rings. The summed E-state index contributed by atoms with van der Waals surface area (Å²) in [6.07, 6.45) is 0. The van der Waals surface area contributed by atoms with Gasteiger partial charge in [0.15, 0.2) is 0 Å². The van der Waals surface area contributed by atoms with Crippen molar-refractivity contribution in [1.29, 1.82) is 0 Å². The Balaban J connectivity index is 2.43. The molecule has 2 rings (SSSR count). The van der Waals surface area contributed by atoms with Crippen LogP contribution in [0.4, 0.5) is 0 Å². The lowest BCUT2D eigenvalue weighted by molar-refractivity contribution is -0.0410. The number of phenols is 1. The Kier molecular flexibility index (Phi) is 5.47. The molecule has 0 bridgehead atoms. The van der Waals surface area contributed by atoms with Gasteiger partial charge in [0.25, 0.3) is 11.8 Å². The average molecular weight is 340 g/mol. The highest BCUT2D eigenvalue weighted by Gasteiger charge is 2.35. The maximum atomic E-state index is 13.1. The van der Waals surface area contributed by atoms with E-state index in [0.29, 0.717) is 17.7 Å². The lowest BCUT2D eigenvalue weighted by Gasteiger charge is -2.43. The zero-order chi connectivity index (χ0) is 18.6. The van der Waals surface area contributed by atoms with Crippen molar-refractivity contribution in [2.75, 3.05) is 6.54 Å². The van der Waals surface area contributed by atoms with Gasteiger partial charge < -0.3 is 5.11 Å². The highest BCUT2D eigenvalue weighted by molar-refractivity contribution is 5.99. The Morgan fingerprint density at radius 3 is 1.88 bits per heavy atom. The molecule has 5 nitrogen and oxygen atoms in total. The molecule has 2 amide bonds. The van der Waals surface area contributed by atoms with Gasteiger partial charge in [-0.25, -0.2) is 10.0 Å². The number of phenolic OH excluding ortho intramolecular Hbond substituents is 1. The molecule has 0 atom stereocenters. The third-order valence-electron chi connectivity index (χ3n) is 3.74. The van der Waals surface area contributed by atoms with Crippen LogP contribution in [0.25, 0.3) is 0 Å². The van der Waals surface area contributed by atoms with Gasteiger partial charge in [0.05, 0.1) is 5.54 Å². The summed E-state index contributed by atoms with van der Waals surface area (Å²) < 4.78 is 0. The number of hydrazine groups is 1. The van der Waals surface area contributed by atoms with Crippen LogP contribution < -0.4 is 0 Å². The first-order chi connectivity index (χ1) is 11.8. The fourth-order valence-corrected chi connectivity index (χ4v) is 2.61. The van der Waals surface area contributed by atoms with Crippen molar-refractivity contribution in [2.24, 2.45) is 0 Å². The van der Waals surface area contributed by atoms with E-state index < -0.39 is 5.54 Å². The van der Waals surface area contributed by atoms with Gasteiger partial charge in [0.2, 0.25) is 0 Å². The highest BCUT2D eigenvalue weighted by atomic mass is 16.3. The molecular formula is C20H24N2O3. The SMILES string of the molecule is CCN(C(=O)c1ccccc1)N(C(=O)c1ccc(O)cc1)C(C)(C)C. The van der Waals surface area contributed by atoms with E-state index in [1.807, 2.05) is 33.8 Å². The largest absolute Gasteiger partial charge is 0.508 e. The third-order valence-corrected chi connectivity index (χ3v) is 3.74. The van der Waals surface area contributed by atoms with Crippen LogP contribution in [0.15, 0.2) is 54.6 Å². The standard InChI is InChI=1S/C20H24N2O3/c1-5-21(18(24)15-9-7-6-8-10-15)22(20(2,3)4)19(25)16-11-13-17(23)14-12-16/h6-14,23H,5H2,1-4H3. The van der Waals surface area contributed by atoms with Crippen molar-refractivity contribution in [1.82, 2.24) is 10.0 Å². The van der Waals surface area contributed by atoms with Crippen molar-refractivity contribution in [3.63, 3.8) is 0 Å². The number of carbonyl (C=O) groups is 2. The Morgan fingerprint density at radius 1 is 0.880 bits per heavy atom. The quantitative estimate of drug-likeness (QED) is 0.867. The monoisotopic (exact) mass is 340 g/mol. The number of nitrogens with zero attached hydrogens (tertiary/aromatic N) is 2. The molecule has 2 aromatic rings. The molecule has 132 valence electrons. The summed E-state index contributed by atoms with van der Waals surface area (Å²) in [5.74, 6) is -0.435. The van der Waals surface area contributed by atoms with E-state index in [1.165, 1.54) is 22.2 Å². The molecule has 0 saturated heterocycles. The third kappa shape index (κ3) is 4.18. The number of hydrogen-bond donors (Lipinski definition) is 1. The molecule has 2 aromatic carbocycles. The molecule has 0 radical (unpaired) electrons. The maximum Gasteiger partial charge on any atom is 0.272 e. The van der Waals surface area contributed by atoms with Crippen LogP contribution in [0.2, 0.25) is 0 Å². The van der Waals surface area contributed by atoms with E-state index in [4.69, 9.17) is 0 Å². The highest BCUT2D eigenvalue weighted by Crippen LogP contribution is 2.23. The van der Waals surface area contributed by atoms with E-state index in [9.17, 15) is 14.7 Å². The Bertz CT molecular complexity index is 734. The molecule has 0 unspecified atom stereocenters. The summed E-state index contributed by atoms with van der Waals surface area (Å²) >= 11 is 0. The van der Waals surface area contributed by atoms with Gasteiger partial charge in [-0.2, -0.15) is 0 Å². The normalized spacial score (nSPS) is 11.0. The van der Waals surface area contributed by atoms with Crippen LogP contribution in [-0.4, -0.2) is 39.0 Å². The fraction of sp³-hybridized carbons (Fsp3) is 0.300. The van der Waals surface area contributed by atoms with Gasteiger partial charge in [-0.05, 0) is 64.1 Å². The van der Waals surface area contributed by atoms with Gasteiger partial charge >= 0.3 is 0 Å². The van der Waals surface area contributed by atoms with Gasteiger partial charge in [0, 0.05) is 17.7 Å². The molecule has 0 saturated carbocycles. The van der Waals surface area contributed by atoms with Crippen molar-refractivity contribution < 1.29 is 14.7 Å². The lowest BCUT2D eigenvalue weighted by Crippen LogP contribution is -2.58. The fourth-order valence-electron chi connectivity index (χ4n) is 2.61. The number of aromatic hydroxyl groups is 1. The second kappa shape index (κ2) is 7.38. The minimum absolute atomic E-state index is 0.0894. The predicted molar refractivity (Wildman–Crippen MR) is 97.2 cm³/mol. The van der Waals surface area contributed by atoms with Crippen molar-refractivity contribution >= 4 is 11.8 Å². The first-order valence-electron chi connectivity index (χ1n) is 8.26. The maximum absolute atomic E-state index is 13.1. The van der Waals surface area contributed by atoms with E-state index >= 15 is 0 Å². The van der Waals surface area contributed by atoms with Crippen molar-refractivity contribution in [2.45, 2.75) is 33.2 Å². The zero-order valence-electron chi connectivity index (χ0n) is 15.1. The van der Waals surface area contributed by atoms with Crippen LogP contribution in [0.3, 0.4) is 0 Å². The first kappa shape index (κ1) is 18.5. The molecule has 5 heteroatoms. The topological polar surface area (TPSA) is 60.9 Å². The molecule has 1 N–H and O–H groups in total. The number of amides is 2. The number of benzene rings is 2. The summed E-state index contributed by atoms with van der Waals surface area (Å²) in [6.45, 7) is 7.84. The molecule has 0 aliphatic rings. The second-order valence-electron chi connectivity index (χ2n) is 6.72. The number of hydrogen-bond acceptors (Lipinski definition) is 3. The Labute approximate surface area is 148 Å². The molecular weight excluding hydrogens is 316 g/mol. The smallest absolute Gasteiger partial charge is 0.272 e. The van der Waals surface area contributed by atoms with E-state index in [1.54, 1.807) is 36.4 Å². The minimum atomic E-state index is -0.602. The van der Waals surface area contributed by atoms with E-state index in [2.05, 4.69) is 0 Å². The van der Waals surface area contributed by atoms with Crippen LogP contribution in [-0.2, 0) is 0 Å². The Morgan fingerprint density at radius 2 is 1.40 bits per heavy atom. The van der Waals surface area contributed by atoms with E-state index in [-0.39, 0.29) is 17.6 Å². The van der Waals surface area contributed by atoms with Gasteiger partial charge in [-0.15, -0.1) is 0 Å². The molecule has 0 heterocycles. The Hall–Kier alpha value is -2.82. The lowest BCUT2D eigenvalue weighted by atomic mass is 10.1. The summed E-state index contributed by atoms with van der Waals surface area (Å²) in [4.78, 5) is 26.0. The van der Waals surface area contributed by atoms with Crippen molar-refractivity contribution in [3.05, 3.63) is 65.7 Å².